The van der Waals surface area contributed by atoms with Gasteiger partial charge in [0.25, 0.3) is 0 Å². The van der Waals surface area contributed by atoms with E-state index in [9.17, 15) is 5.11 Å². The van der Waals surface area contributed by atoms with Crippen LogP contribution < -0.4 is 5.73 Å². The second-order valence-corrected chi connectivity index (χ2v) is 3.61. The minimum atomic E-state index is -0.248. The van der Waals surface area contributed by atoms with E-state index in [0.717, 1.165) is 6.42 Å². The molecular weight excluding hydrogens is 138 g/mol. The molecule has 2 atom stereocenters. The Morgan fingerprint density at radius 3 is 2.45 bits per heavy atom. The van der Waals surface area contributed by atoms with Crippen molar-refractivity contribution in [2.75, 3.05) is 0 Å². The lowest BCUT2D eigenvalue weighted by molar-refractivity contribution is 0.0832. The summed E-state index contributed by atoms with van der Waals surface area (Å²) in [4.78, 5) is 0. The molecule has 11 heavy (non-hydrogen) atoms. The van der Waals surface area contributed by atoms with Gasteiger partial charge in [0, 0.05) is 6.04 Å². The molecule has 0 bridgehead atoms. The maximum Gasteiger partial charge on any atom is 0.0719 e. The van der Waals surface area contributed by atoms with E-state index in [1.165, 1.54) is 25.7 Å². The fraction of sp³-hybridized carbons (Fsp3) is 1.00. The quantitative estimate of drug-likeness (QED) is 0.648. The number of rotatable bonds is 3. The smallest absolute Gasteiger partial charge is 0.0719 e. The molecule has 0 aliphatic heterocycles. The molecule has 0 heterocycles. The van der Waals surface area contributed by atoms with Crippen LogP contribution in [0.5, 0.6) is 0 Å². The molecule has 0 saturated heterocycles. The summed E-state index contributed by atoms with van der Waals surface area (Å²) in [5.41, 5.74) is 5.75. The molecule has 2 nitrogen and oxygen atoms in total. The standard InChI is InChI=1S/C9H19NO/c1-2-8(10)9(11)7-5-3-4-6-7/h7-9,11H,2-6,10H2,1H3. The number of aliphatic hydroxyl groups excluding tert-OH is 1. The van der Waals surface area contributed by atoms with E-state index in [0.29, 0.717) is 5.92 Å². The first-order chi connectivity index (χ1) is 5.25. The van der Waals surface area contributed by atoms with Crippen molar-refractivity contribution in [3.8, 4) is 0 Å². The third kappa shape index (κ3) is 2.17. The van der Waals surface area contributed by atoms with Gasteiger partial charge in [-0.15, -0.1) is 0 Å². The van der Waals surface area contributed by atoms with Gasteiger partial charge in [0.2, 0.25) is 0 Å². The van der Waals surface area contributed by atoms with E-state index >= 15 is 0 Å². The molecule has 0 radical (unpaired) electrons. The van der Waals surface area contributed by atoms with Gasteiger partial charge in [-0.25, -0.2) is 0 Å². The summed E-state index contributed by atoms with van der Waals surface area (Å²) >= 11 is 0. The van der Waals surface area contributed by atoms with Crippen molar-refractivity contribution in [1.29, 1.82) is 0 Å². The molecule has 0 amide bonds. The summed E-state index contributed by atoms with van der Waals surface area (Å²) in [6, 6.07) is -0.00176. The average molecular weight is 157 g/mol. The third-order valence-corrected chi connectivity index (χ3v) is 2.79. The summed E-state index contributed by atoms with van der Waals surface area (Å²) < 4.78 is 0. The number of nitrogens with two attached hydrogens (primary N) is 1. The Balaban J connectivity index is 2.32. The second-order valence-electron chi connectivity index (χ2n) is 3.61. The van der Waals surface area contributed by atoms with Gasteiger partial charge in [0.15, 0.2) is 0 Å². The molecule has 0 aromatic carbocycles. The van der Waals surface area contributed by atoms with Gasteiger partial charge in [0.05, 0.1) is 6.10 Å². The van der Waals surface area contributed by atoms with E-state index in [-0.39, 0.29) is 12.1 Å². The van der Waals surface area contributed by atoms with Crippen molar-refractivity contribution >= 4 is 0 Å². The van der Waals surface area contributed by atoms with E-state index in [1.807, 2.05) is 6.92 Å². The molecule has 2 heteroatoms. The molecule has 0 aromatic heterocycles. The van der Waals surface area contributed by atoms with Crippen LogP contribution in [0.25, 0.3) is 0 Å². The number of aliphatic hydroxyl groups is 1. The van der Waals surface area contributed by atoms with Gasteiger partial charge < -0.3 is 10.8 Å². The van der Waals surface area contributed by atoms with Crippen LogP contribution in [-0.4, -0.2) is 17.3 Å². The Kier molecular flexibility index (Phi) is 3.34. The molecule has 0 aromatic rings. The monoisotopic (exact) mass is 157 g/mol. The summed E-state index contributed by atoms with van der Waals surface area (Å²) in [5.74, 6) is 0.491. The van der Waals surface area contributed by atoms with Crippen molar-refractivity contribution in [1.82, 2.24) is 0 Å². The molecule has 2 unspecified atom stereocenters. The summed E-state index contributed by atoms with van der Waals surface area (Å²) in [5, 5.41) is 9.69. The maximum absolute atomic E-state index is 9.69. The molecule has 1 rings (SSSR count). The van der Waals surface area contributed by atoms with Crippen molar-refractivity contribution in [3.63, 3.8) is 0 Å². The molecule has 0 spiro atoms. The fourth-order valence-corrected chi connectivity index (χ4v) is 1.89. The van der Waals surface area contributed by atoms with Gasteiger partial charge in [0.1, 0.15) is 0 Å². The van der Waals surface area contributed by atoms with E-state index < -0.39 is 0 Å². The molecule has 3 N–H and O–H groups in total. The zero-order valence-corrected chi connectivity index (χ0v) is 7.29. The molecule has 66 valence electrons. The van der Waals surface area contributed by atoms with E-state index in [2.05, 4.69) is 0 Å². The van der Waals surface area contributed by atoms with Gasteiger partial charge in [-0.05, 0) is 25.2 Å². The van der Waals surface area contributed by atoms with Crippen molar-refractivity contribution in [2.45, 2.75) is 51.2 Å². The largest absolute Gasteiger partial charge is 0.391 e. The Labute approximate surface area is 68.8 Å². The highest BCUT2D eigenvalue weighted by molar-refractivity contribution is 4.81. The molecule has 1 fully saturated rings. The molecular formula is C9H19NO. The first kappa shape index (κ1) is 9.01. The first-order valence-corrected chi connectivity index (χ1v) is 4.69. The van der Waals surface area contributed by atoms with E-state index in [1.54, 1.807) is 0 Å². The maximum atomic E-state index is 9.69. The zero-order chi connectivity index (χ0) is 8.27. The number of hydrogen-bond acceptors (Lipinski definition) is 2. The Hall–Kier alpha value is -0.0800. The summed E-state index contributed by atoms with van der Waals surface area (Å²) in [7, 11) is 0. The zero-order valence-electron chi connectivity index (χ0n) is 7.29. The molecule has 1 aliphatic carbocycles. The van der Waals surface area contributed by atoms with Gasteiger partial charge in [-0.3, -0.25) is 0 Å². The van der Waals surface area contributed by atoms with Crippen molar-refractivity contribution in [2.24, 2.45) is 11.7 Å². The SMILES string of the molecule is CCC(N)C(O)C1CCCC1. The second kappa shape index (κ2) is 4.07. The normalized spacial score (nSPS) is 25.4. The van der Waals surface area contributed by atoms with Gasteiger partial charge >= 0.3 is 0 Å². The predicted molar refractivity (Wildman–Crippen MR) is 46.2 cm³/mol. The minimum absolute atomic E-state index is 0.00176. The van der Waals surface area contributed by atoms with Crippen LogP contribution in [0.4, 0.5) is 0 Å². The third-order valence-electron chi connectivity index (χ3n) is 2.79. The topological polar surface area (TPSA) is 46.2 Å². The highest BCUT2D eigenvalue weighted by atomic mass is 16.3. The lowest BCUT2D eigenvalue weighted by Gasteiger charge is -2.22. The lowest BCUT2D eigenvalue weighted by atomic mass is 9.94. The van der Waals surface area contributed by atoms with Gasteiger partial charge in [-0.1, -0.05) is 19.8 Å². The predicted octanol–water partition coefficient (Wildman–Crippen LogP) is 1.27. The van der Waals surface area contributed by atoms with E-state index in [4.69, 9.17) is 5.73 Å². The van der Waals surface area contributed by atoms with Crippen LogP contribution in [0.3, 0.4) is 0 Å². The minimum Gasteiger partial charge on any atom is -0.391 e. The fourth-order valence-electron chi connectivity index (χ4n) is 1.89. The molecule has 1 aliphatic rings. The molecule has 1 saturated carbocycles. The van der Waals surface area contributed by atoms with Crippen LogP contribution in [0, 0.1) is 5.92 Å². The lowest BCUT2D eigenvalue weighted by Crippen LogP contribution is -2.38. The van der Waals surface area contributed by atoms with Gasteiger partial charge in [-0.2, -0.15) is 0 Å². The summed E-state index contributed by atoms with van der Waals surface area (Å²) in [6.45, 7) is 2.03. The highest BCUT2D eigenvalue weighted by Gasteiger charge is 2.26. The van der Waals surface area contributed by atoms with Crippen LogP contribution in [0.1, 0.15) is 39.0 Å². The Morgan fingerprint density at radius 1 is 1.45 bits per heavy atom. The van der Waals surface area contributed by atoms with Crippen molar-refractivity contribution in [3.05, 3.63) is 0 Å². The number of hydrogen-bond donors (Lipinski definition) is 2. The van der Waals surface area contributed by atoms with Crippen LogP contribution >= 0.6 is 0 Å². The summed E-state index contributed by atoms with van der Waals surface area (Å²) in [6.07, 6.45) is 5.54. The van der Waals surface area contributed by atoms with Crippen LogP contribution in [-0.2, 0) is 0 Å². The Bertz CT molecular complexity index is 110. The van der Waals surface area contributed by atoms with Crippen molar-refractivity contribution < 1.29 is 5.11 Å². The average Bonchev–Trinajstić information content (AvgIpc) is 2.53. The first-order valence-electron chi connectivity index (χ1n) is 4.69. The highest BCUT2D eigenvalue weighted by Crippen LogP contribution is 2.28. The Morgan fingerprint density at radius 2 is 2.00 bits per heavy atom. The van der Waals surface area contributed by atoms with Crippen LogP contribution in [0.15, 0.2) is 0 Å². The van der Waals surface area contributed by atoms with Crippen LogP contribution in [0.2, 0.25) is 0 Å².